The van der Waals surface area contributed by atoms with Crippen molar-refractivity contribution in [1.82, 2.24) is 10.2 Å². The van der Waals surface area contributed by atoms with E-state index in [9.17, 15) is 4.79 Å². The molecule has 1 amide bonds. The zero-order valence-electron chi connectivity index (χ0n) is 9.39. The molecule has 5 heteroatoms. The van der Waals surface area contributed by atoms with Crippen LogP contribution in [0.5, 0.6) is 0 Å². The maximum atomic E-state index is 10.8. The Bertz CT molecular complexity index is 368. The van der Waals surface area contributed by atoms with Crippen LogP contribution in [0.2, 0.25) is 0 Å². The van der Waals surface area contributed by atoms with Crippen LogP contribution in [0.25, 0.3) is 0 Å². The normalized spacial score (nSPS) is 17.4. The SMILES string of the molecule is CC1CCN(c2ccc(C(N)=O)nn2)CC1. The Hall–Kier alpha value is -1.65. The molecule has 1 fully saturated rings. The van der Waals surface area contributed by atoms with E-state index in [-0.39, 0.29) is 5.69 Å². The van der Waals surface area contributed by atoms with Gasteiger partial charge in [-0.1, -0.05) is 6.92 Å². The smallest absolute Gasteiger partial charge is 0.269 e. The van der Waals surface area contributed by atoms with Gasteiger partial charge in [0, 0.05) is 13.1 Å². The van der Waals surface area contributed by atoms with Crippen molar-refractivity contribution < 1.29 is 4.79 Å². The molecule has 1 aromatic heterocycles. The number of nitrogens with zero attached hydrogens (tertiary/aromatic N) is 3. The first-order valence-electron chi connectivity index (χ1n) is 5.55. The highest BCUT2D eigenvalue weighted by molar-refractivity contribution is 5.90. The number of hydrogen-bond acceptors (Lipinski definition) is 4. The highest BCUT2D eigenvalue weighted by Crippen LogP contribution is 2.20. The van der Waals surface area contributed by atoms with Crippen molar-refractivity contribution in [3.63, 3.8) is 0 Å². The van der Waals surface area contributed by atoms with Crippen LogP contribution < -0.4 is 10.6 Å². The van der Waals surface area contributed by atoms with E-state index in [0.717, 1.165) is 24.8 Å². The molecule has 2 heterocycles. The molecule has 2 N–H and O–H groups in total. The van der Waals surface area contributed by atoms with Crippen molar-refractivity contribution in [1.29, 1.82) is 0 Å². The largest absolute Gasteiger partial charge is 0.364 e. The van der Waals surface area contributed by atoms with Gasteiger partial charge in [-0.05, 0) is 30.9 Å². The summed E-state index contributed by atoms with van der Waals surface area (Å²) in [5.41, 5.74) is 5.32. The molecule has 86 valence electrons. The number of primary amides is 1. The average Bonchev–Trinajstić information content (AvgIpc) is 2.30. The summed E-state index contributed by atoms with van der Waals surface area (Å²) in [6, 6.07) is 3.44. The van der Waals surface area contributed by atoms with E-state index in [0.29, 0.717) is 0 Å². The molecule has 0 unspecified atom stereocenters. The third kappa shape index (κ3) is 2.29. The number of nitrogens with two attached hydrogens (primary N) is 1. The molecule has 0 atom stereocenters. The lowest BCUT2D eigenvalue weighted by atomic mass is 9.99. The second kappa shape index (κ2) is 4.47. The highest BCUT2D eigenvalue weighted by atomic mass is 16.1. The van der Waals surface area contributed by atoms with Crippen LogP contribution in [0.15, 0.2) is 12.1 Å². The van der Waals surface area contributed by atoms with Crippen molar-refractivity contribution in [3.8, 4) is 0 Å². The van der Waals surface area contributed by atoms with Gasteiger partial charge in [0.15, 0.2) is 11.5 Å². The van der Waals surface area contributed by atoms with Crippen LogP contribution >= 0.6 is 0 Å². The summed E-state index contributed by atoms with van der Waals surface area (Å²) in [5.74, 6) is 1.08. The van der Waals surface area contributed by atoms with Gasteiger partial charge >= 0.3 is 0 Å². The first-order valence-corrected chi connectivity index (χ1v) is 5.55. The zero-order chi connectivity index (χ0) is 11.5. The molecule has 0 saturated carbocycles. The van der Waals surface area contributed by atoms with Gasteiger partial charge in [-0.25, -0.2) is 0 Å². The number of anilines is 1. The van der Waals surface area contributed by atoms with Gasteiger partial charge in [0.25, 0.3) is 5.91 Å². The molecule has 2 rings (SSSR count). The molecule has 0 bridgehead atoms. The minimum atomic E-state index is -0.536. The van der Waals surface area contributed by atoms with Crippen molar-refractivity contribution in [2.75, 3.05) is 18.0 Å². The second-order valence-electron chi connectivity index (χ2n) is 4.31. The molecular weight excluding hydrogens is 204 g/mol. The first-order chi connectivity index (χ1) is 7.66. The van der Waals surface area contributed by atoms with Crippen molar-refractivity contribution in [2.24, 2.45) is 11.7 Å². The summed E-state index contributed by atoms with van der Waals surface area (Å²) in [4.78, 5) is 13.0. The molecule has 1 aliphatic rings. The van der Waals surface area contributed by atoms with E-state index < -0.39 is 5.91 Å². The molecule has 1 saturated heterocycles. The molecule has 0 spiro atoms. The van der Waals surface area contributed by atoms with Crippen molar-refractivity contribution >= 4 is 11.7 Å². The molecule has 0 radical (unpaired) electrons. The number of rotatable bonds is 2. The summed E-state index contributed by atoms with van der Waals surface area (Å²) in [6.07, 6.45) is 2.36. The number of aromatic nitrogens is 2. The molecule has 16 heavy (non-hydrogen) atoms. The number of carbonyl (C=O) groups is 1. The van der Waals surface area contributed by atoms with Crippen molar-refractivity contribution in [2.45, 2.75) is 19.8 Å². The Morgan fingerprint density at radius 1 is 1.38 bits per heavy atom. The lowest BCUT2D eigenvalue weighted by Crippen LogP contribution is -2.33. The lowest BCUT2D eigenvalue weighted by Gasteiger charge is -2.30. The van der Waals surface area contributed by atoms with Crippen molar-refractivity contribution in [3.05, 3.63) is 17.8 Å². The van der Waals surface area contributed by atoms with E-state index in [4.69, 9.17) is 5.73 Å². The third-order valence-corrected chi connectivity index (χ3v) is 3.01. The van der Waals surface area contributed by atoms with Crippen LogP contribution in [0, 0.1) is 5.92 Å². The third-order valence-electron chi connectivity index (χ3n) is 3.01. The van der Waals surface area contributed by atoms with Gasteiger partial charge in [0.1, 0.15) is 0 Å². The Morgan fingerprint density at radius 2 is 2.06 bits per heavy atom. The number of amides is 1. The summed E-state index contributed by atoms with van der Waals surface area (Å²) < 4.78 is 0. The highest BCUT2D eigenvalue weighted by Gasteiger charge is 2.17. The summed E-state index contributed by atoms with van der Waals surface area (Å²) in [5, 5.41) is 7.83. The molecule has 0 aliphatic carbocycles. The zero-order valence-corrected chi connectivity index (χ0v) is 9.39. The van der Waals surface area contributed by atoms with Gasteiger partial charge in [-0.15, -0.1) is 10.2 Å². The summed E-state index contributed by atoms with van der Waals surface area (Å²) in [7, 11) is 0. The number of hydrogen-bond donors (Lipinski definition) is 1. The molecule has 5 nitrogen and oxygen atoms in total. The molecular formula is C11H16N4O. The van der Waals surface area contributed by atoms with Crippen LogP contribution in [0.3, 0.4) is 0 Å². The van der Waals surface area contributed by atoms with E-state index in [1.165, 1.54) is 12.8 Å². The number of carbonyl (C=O) groups excluding carboxylic acids is 1. The Kier molecular flexibility index (Phi) is 3.03. The summed E-state index contributed by atoms with van der Waals surface area (Å²) >= 11 is 0. The predicted molar refractivity (Wildman–Crippen MR) is 61.2 cm³/mol. The lowest BCUT2D eigenvalue weighted by molar-refractivity contribution is 0.0994. The minimum Gasteiger partial charge on any atom is -0.364 e. The second-order valence-corrected chi connectivity index (χ2v) is 4.31. The Balaban J connectivity index is 2.07. The Morgan fingerprint density at radius 3 is 2.56 bits per heavy atom. The summed E-state index contributed by atoms with van der Waals surface area (Å²) in [6.45, 7) is 4.27. The molecule has 1 aromatic rings. The average molecular weight is 220 g/mol. The maximum absolute atomic E-state index is 10.8. The van der Waals surface area contributed by atoms with Gasteiger partial charge in [-0.3, -0.25) is 4.79 Å². The fourth-order valence-corrected chi connectivity index (χ4v) is 1.86. The number of piperidine rings is 1. The van der Waals surface area contributed by atoms with Gasteiger partial charge < -0.3 is 10.6 Å². The topological polar surface area (TPSA) is 72.1 Å². The van der Waals surface area contributed by atoms with E-state index in [1.807, 2.05) is 6.07 Å². The van der Waals surface area contributed by atoms with Gasteiger partial charge in [0.05, 0.1) is 0 Å². The monoisotopic (exact) mass is 220 g/mol. The first kappa shape index (κ1) is 10.9. The van der Waals surface area contributed by atoms with E-state index in [2.05, 4.69) is 22.0 Å². The predicted octanol–water partition coefficient (Wildman–Crippen LogP) is 0.812. The standard InChI is InChI=1S/C11H16N4O/c1-8-4-6-15(7-5-8)10-3-2-9(11(12)16)13-14-10/h2-3,8H,4-7H2,1H3,(H2,12,16). The van der Waals surface area contributed by atoms with E-state index in [1.54, 1.807) is 6.07 Å². The fraction of sp³-hybridized carbons (Fsp3) is 0.545. The van der Waals surface area contributed by atoms with Crippen LogP contribution in [-0.2, 0) is 0 Å². The van der Waals surface area contributed by atoms with E-state index >= 15 is 0 Å². The molecule has 0 aromatic carbocycles. The van der Waals surface area contributed by atoms with Crippen LogP contribution in [0.4, 0.5) is 5.82 Å². The van der Waals surface area contributed by atoms with Crippen LogP contribution in [-0.4, -0.2) is 29.2 Å². The maximum Gasteiger partial charge on any atom is 0.269 e. The Labute approximate surface area is 94.6 Å². The van der Waals surface area contributed by atoms with Gasteiger partial charge in [0.2, 0.25) is 0 Å². The van der Waals surface area contributed by atoms with Crippen LogP contribution in [0.1, 0.15) is 30.3 Å². The minimum absolute atomic E-state index is 0.217. The van der Waals surface area contributed by atoms with Gasteiger partial charge in [-0.2, -0.15) is 0 Å². The fourth-order valence-electron chi connectivity index (χ4n) is 1.86. The quantitative estimate of drug-likeness (QED) is 0.800. The molecule has 1 aliphatic heterocycles.